The summed E-state index contributed by atoms with van der Waals surface area (Å²) >= 11 is 1.36. The van der Waals surface area contributed by atoms with Gasteiger partial charge < -0.3 is 5.32 Å². The Morgan fingerprint density at radius 2 is 2.07 bits per heavy atom. The zero-order valence-corrected chi connectivity index (χ0v) is 17.1. The molecule has 1 N–H and O–H groups in total. The Morgan fingerprint density at radius 3 is 2.82 bits per heavy atom. The van der Waals surface area contributed by atoms with Gasteiger partial charge in [-0.25, -0.2) is 13.4 Å². The maximum Gasteiger partial charge on any atom is 0.230 e. The van der Waals surface area contributed by atoms with Gasteiger partial charge in [0.1, 0.15) is 0 Å². The van der Waals surface area contributed by atoms with Gasteiger partial charge in [0.15, 0.2) is 15.0 Å². The van der Waals surface area contributed by atoms with Crippen LogP contribution in [-0.4, -0.2) is 47.2 Å². The number of imidazole rings is 1. The third-order valence-electron chi connectivity index (χ3n) is 4.72. The minimum atomic E-state index is -3.01. The molecule has 0 radical (unpaired) electrons. The predicted molar refractivity (Wildman–Crippen MR) is 112 cm³/mol. The van der Waals surface area contributed by atoms with E-state index in [9.17, 15) is 13.2 Å². The van der Waals surface area contributed by atoms with Gasteiger partial charge in [0.2, 0.25) is 5.91 Å². The molecule has 0 bridgehead atoms. The Labute approximate surface area is 168 Å². The highest BCUT2D eigenvalue weighted by atomic mass is 32.2. The van der Waals surface area contributed by atoms with Crippen molar-refractivity contribution in [3.8, 4) is 5.69 Å². The van der Waals surface area contributed by atoms with Gasteiger partial charge in [0.05, 0.1) is 28.3 Å². The zero-order chi connectivity index (χ0) is 19.7. The van der Waals surface area contributed by atoms with Gasteiger partial charge in [0, 0.05) is 11.7 Å². The number of nitrogens with one attached hydrogen (secondary N) is 1. The second kappa shape index (κ2) is 7.60. The van der Waals surface area contributed by atoms with Crippen LogP contribution in [0.5, 0.6) is 0 Å². The molecule has 0 aliphatic carbocycles. The number of aromatic nitrogens is 2. The van der Waals surface area contributed by atoms with Gasteiger partial charge in [-0.2, -0.15) is 0 Å². The summed E-state index contributed by atoms with van der Waals surface area (Å²) in [7, 11) is -3.01. The molecular weight excluding hydrogens is 394 g/mol. The maximum atomic E-state index is 12.3. The molecule has 1 aliphatic heterocycles. The van der Waals surface area contributed by atoms with E-state index >= 15 is 0 Å². The Hall–Kier alpha value is -2.32. The van der Waals surface area contributed by atoms with Crippen LogP contribution < -0.4 is 5.32 Å². The SMILES string of the molecule is Cc1cccc(-n2c(SCC(=O)N[C@H]3CCS(=O)(=O)C3)nc3ccccc32)c1. The lowest BCUT2D eigenvalue weighted by Gasteiger charge is -2.12. The Bertz CT molecular complexity index is 1140. The van der Waals surface area contributed by atoms with Crippen molar-refractivity contribution in [2.45, 2.75) is 24.5 Å². The van der Waals surface area contributed by atoms with Crippen LogP contribution in [0, 0.1) is 6.92 Å². The average Bonchev–Trinajstić information content (AvgIpc) is 3.19. The molecule has 6 nitrogen and oxygen atoms in total. The summed E-state index contributed by atoms with van der Waals surface area (Å²) in [5, 5.41) is 3.57. The monoisotopic (exact) mass is 415 g/mol. The van der Waals surface area contributed by atoms with Crippen LogP contribution in [0.4, 0.5) is 0 Å². The molecule has 1 saturated heterocycles. The van der Waals surface area contributed by atoms with Crippen LogP contribution >= 0.6 is 11.8 Å². The summed E-state index contributed by atoms with van der Waals surface area (Å²) < 4.78 is 25.2. The standard InChI is InChI=1S/C20H21N3O3S2/c1-14-5-4-6-16(11-14)23-18-8-3-2-7-17(18)22-20(23)27-12-19(24)21-15-9-10-28(25,26)13-15/h2-8,11,15H,9-10,12-13H2,1H3,(H,21,24)/t15-/m0/s1. The summed E-state index contributed by atoms with van der Waals surface area (Å²) in [5.74, 6) is 0.195. The number of fused-ring (bicyclic) bond motifs is 1. The first-order chi connectivity index (χ1) is 13.4. The van der Waals surface area contributed by atoms with Crippen molar-refractivity contribution < 1.29 is 13.2 Å². The van der Waals surface area contributed by atoms with E-state index in [-0.39, 0.29) is 29.2 Å². The van der Waals surface area contributed by atoms with Crippen LogP contribution in [0.2, 0.25) is 0 Å². The first-order valence-electron chi connectivity index (χ1n) is 9.08. The Balaban J connectivity index is 1.55. The van der Waals surface area contributed by atoms with Gasteiger partial charge in [-0.15, -0.1) is 0 Å². The number of thioether (sulfide) groups is 1. The fourth-order valence-corrected chi connectivity index (χ4v) is 5.94. The number of hydrogen-bond donors (Lipinski definition) is 1. The minimum Gasteiger partial charge on any atom is -0.352 e. The molecule has 0 saturated carbocycles. The van der Waals surface area contributed by atoms with Crippen molar-refractivity contribution in [1.29, 1.82) is 0 Å². The molecule has 0 spiro atoms. The molecule has 0 unspecified atom stereocenters. The Kier molecular flexibility index (Phi) is 5.16. The fraction of sp³-hybridized carbons (Fsp3) is 0.300. The van der Waals surface area contributed by atoms with E-state index in [0.717, 1.165) is 27.4 Å². The summed E-state index contributed by atoms with van der Waals surface area (Å²) in [6.45, 7) is 2.04. The van der Waals surface area contributed by atoms with Crippen molar-refractivity contribution in [3.05, 3.63) is 54.1 Å². The predicted octanol–water partition coefficient (Wildman–Crippen LogP) is 2.73. The highest BCUT2D eigenvalue weighted by Gasteiger charge is 2.29. The van der Waals surface area contributed by atoms with E-state index in [4.69, 9.17) is 4.98 Å². The molecule has 2 aromatic carbocycles. The lowest BCUT2D eigenvalue weighted by molar-refractivity contribution is -0.119. The van der Waals surface area contributed by atoms with Crippen LogP contribution in [-0.2, 0) is 14.6 Å². The van der Waals surface area contributed by atoms with E-state index < -0.39 is 9.84 Å². The number of nitrogens with zero attached hydrogens (tertiary/aromatic N) is 2. The van der Waals surface area contributed by atoms with Gasteiger partial charge >= 0.3 is 0 Å². The molecule has 1 amide bonds. The molecule has 1 aromatic heterocycles. The molecule has 1 fully saturated rings. The third kappa shape index (κ3) is 4.07. The van der Waals surface area contributed by atoms with E-state index in [1.54, 1.807) is 0 Å². The molecule has 1 atom stereocenters. The quantitative estimate of drug-likeness (QED) is 0.648. The first kappa shape index (κ1) is 19.0. The molecule has 4 rings (SSSR count). The number of aryl methyl sites for hydroxylation is 1. The molecule has 28 heavy (non-hydrogen) atoms. The largest absolute Gasteiger partial charge is 0.352 e. The van der Waals surface area contributed by atoms with E-state index in [1.165, 1.54) is 11.8 Å². The molecule has 1 aliphatic rings. The number of hydrogen-bond acceptors (Lipinski definition) is 5. The lowest BCUT2D eigenvalue weighted by atomic mass is 10.2. The second-order valence-electron chi connectivity index (χ2n) is 7.01. The lowest BCUT2D eigenvalue weighted by Crippen LogP contribution is -2.36. The number of para-hydroxylation sites is 2. The number of rotatable bonds is 5. The highest BCUT2D eigenvalue weighted by Crippen LogP contribution is 2.28. The normalized spacial score (nSPS) is 18.4. The van der Waals surface area contributed by atoms with Gasteiger partial charge in [-0.1, -0.05) is 36.0 Å². The summed E-state index contributed by atoms with van der Waals surface area (Å²) in [5.41, 5.74) is 4.00. The number of carbonyl (C=O) groups excluding carboxylic acids is 1. The Morgan fingerprint density at radius 1 is 1.25 bits per heavy atom. The summed E-state index contributed by atoms with van der Waals surface area (Å²) in [6.07, 6.45) is 0.487. The number of benzene rings is 2. The topological polar surface area (TPSA) is 81.1 Å². The molecule has 8 heteroatoms. The summed E-state index contributed by atoms with van der Waals surface area (Å²) in [4.78, 5) is 17.0. The molecular formula is C20H21N3O3S2. The van der Waals surface area contributed by atoms with Crippen LogP contribution in [0.15, 0.2) is 53.7 Å². The molecule has 146 valence electrons. The van der Waals surface area contributed by atoms with Crippen LogP contribution in [0.3, 0.4) is 0 Å². The minimum absolute atomic E-state index is 0.0329. The van der Waals surface area contributed by atoms with E-state index in [0.29, 0.717) is 6.42 Å². The van der Waals surface area contributed by atoms with E-state index in [1.807, 2.05) is 49.4 Å². The highest BCUT2D eigenvalue weighted by molar-refractivity contribution is 7.99. The molecule has 3 aromatic rings. The summed E-state index contributed by atoms with van der Waals surface area (Å²) in [6, 6.07) is 15.7. The third-order valence-corrected chi connectivity index (χ3v) is 7.43. The van der Waals surface area contributed by atoms with Gasteiger partial charge in [-0.3, -0.25) is 9.36 Å². The van der Waals surface area contributed by atoms with Crippen molar-refractivity contribution in [2.75, 3.05) is 17.3 Å². The second-order valence-corrected chi connectivity index (χ2v) is 10.2. The number of amides is 1. The zero-order valence-electron chi connectivity index (χ0n) is 15.5. The first-order valence-corrected chi connectivity index (χ1v) is 11.9. The van der Waals surface area contributed by atoms with Crippen LogP contribution in [0.25, 0.3) is 16.7 Å². The van der Waals surface area contributed by atoms with E-state index in [2.05, 4.69) is 16.0 Å². The van der Waals surface area contributed by atoms with Crippen LogP contribution in [0.1, 0.15) is 12.0 Å². The van der Waals surface area contributed by atoms with Crippen molar-refractivity contribution in [2.24, 2.45) is 0 Å². The number of sulfone groups is 1. The van der Waals surface area contributed by atoms with Gasteiger partial charge in [0.25, 0.3) is 0 Å². The fourth-order valence-electron chi connectivity index (χ4n) is 3.43. The van der Waals surface area contributed by atoms with Crippen molar-refractivity contribution in [1.82, 2.24) is 14.9 Å². The van der Waals surface area contributed by atoms with Crippen molar-refractivity contribution in [3.63, 3.8) is 0 Å². The van der Waals surface area contributed by atoms with Crippen molar-refractivity contribution >= 4 is 38.5 Å². The maximum absolute atomic E-state index is 12.3. The number of carbonyl (C=O) groups is 1. The smallest absolute Gasteiger partial charge is 0.230 e. The average molecular weight is 416 g/mol. The van der Waals surface area contributed by atoms with Gasteiger partial charge in [-0.05, 0) is 43.2 Å². The molecule has 2 heterocycles.